The summed E-state index contributed by atoms with van der Waals surface area (Å²) in [5.41, 5.74) is 1.05. The Morgan fingerprint density at radius 1 is 1.29 bits per heavy atom. The third-order valence-corrected chi connectivity index (χ3v) is 3.49. The lowest BCUT2D eigenvalue weighted by Gasteiger charge is -2.08. The van der Waals surface area contributed by atoms with E-state index in [4.69, 9.17) is 0 Å². The van der Waals surface area contributed by atoms with E-state index in [1.54, 1.807) is 6.92 Å². The summed E-state index contributed by atoms with van der Waals surface area (Å²) in [5.74, 6) is -0.855. The lowest BCUT2D eigenvalue weighted by Crippen LogP contribution is -2.12. The van der Waals surface area contributed by atoms with E-state index in [1.807, 2.05) is 0 Å². The molecule has 0 bridgehead atoms. The first kappa shape index (κ1) is 15.1. The first-order chi connectivity index (χ1) is 9.88. The Morgan fingerprint density at radius 3 is 2.57 bits per heavy atom. The van der Waals surface area contributed by atoms with Gasteiger partial charge >= 0.3 is 0 Å². The summed E-state index contributed by atoms with van der Waals surface area (Å²) in [6, 6.07) is 7.97. The number of aryl methyl sites for hydroxylation is 1. The number of benzene rings is 2. The van der Waals surface area contributed by atoms with Crippen LogP contribution in [0.4, 0.5) is 15.8 Å². The van der Waals surface area contributed by atoms with Crippen molar-refractivity contribution < 1.29 is 14.1 Å². The van der Waals surface area contributed by atoms with E-state index in [9.17, 15) is 19.3 Å². The molecule has 0 aliphatic heterocycles. The van der Waals surface area contributed by atoms with Crippen LogP contribution < -0.4 is 5.32 Å². The normalized spacial score (nSPS) is 10.2. The van der Waals surface area contributed by atoms with Crippen molar-refractivity contribution in [2.75, 3.05) is 5.32 Å². The minimum absolute atomic E-state index is 0.0467. The van der Waals surface area contributed by atoms with Crippen LogP contribution in [0.5, 0.6) is 0 Å². The molecule has 0 heterocycles. The predicted molar refractivity (Wildman–Crippen MR) is 79.9 cm³/mol. The fourth-order valence-electron chi connectivity index (χ4n) is 1.79. The smallest absolute Gasteiger partial charge is 0.272 e. The lowest BCUT2D eigenvalue weighted by atomic mass is 10.1. The van der Waals surface area contributed by atoms with E-state index in [-0.39, 0.29) is 11.3 Å². The average molecular weight is 353 g/mol. The van der Waals surface area contributed by atoms with E-state index in [0.717, 1.165) is 0 Å². The number of amides is 1. The maximum atomic E-state index is 13.0. The number of halogens is 2. The van der Waals surface area contributed by atoms with Gasteiger partial charge in [-0.1, -0.05) is 0 Å². The standard InChI is InChI=1S/C14H10BrFN2O3/c1-8-6-9(2-5-13(8)18(20)21)14(19)17-12-4-3-10(16)7-11(12)15/h2-7H,1H3,(H,17,19). The summed E-state index contributed by atoms with van der Waals surface area (Å²) in [7, 11) is 0. The second-order valence-electron chi connectivity index (χ2n) is 4.34. The Morgan fingerprint density at radius 2 is 2.00 bits per heavy atom. The minimum atomic E-state index is -0.506. The maximum Gasteiger partial charge on any atom is 0.272 e. The van der Waals surface area contributed by atoms with Crippen LogP contribution in [0.3, 0.4) is 0 Å². The molecule has 0 unspecified atom stereocenters. The molecule has 0 fully saturated rings. The quantitative estimate of drug-likeness (QED) is 0.668. The van der Waals surface area contributed by atoms with Gasteiger partial charge in [-0.25, -0.2) is 4.39 Å². The van der Waals surface area contributed by atoms with Gasteiger partial charge in [-0.15, -0.1) is 0 Å². The molecule has 0 aliphatic rings. The summed E-state index contributed by atoms with van der Waals surface area (Å²) < 4.78 is 13.4. The van der Waals surface area contributed by atoms with Gasteiger partial charge in [0, 0.05) is 21.7 Å². The van der Waals surface area contributed by atoms with Crippen LogP contribution in [0.1, 0.15) is 15.9 Å². The molecular weight excluding hydrogens is 343 g/mol. The number of nitro groups is 1. The topological polar surface area (TPSA) is 72.2 Å². The molecule has 2 aromatic rings. The molecule has 1 amide bonds. The largest absolute Gasteiger partial charge is 0.321 e. The zero-order valence-corrected chi connectivity index (χ0v) is 12.5. The molecule has 5 nitrogen and oxygen atoms in total. The zero-order chi connectivity index (χ0) is 15.6. The highest BCUT2D eigenvalue weighted by Gasteiger charge is 2.14. The minimum Gasteiger partial charge on any atom is -0.321 e. The summed E-state index contributed by atoms with van der Waals surface area (Å²) in [5, 5.41) is 13.3. The number of hydrogen-bond donors (Lipinski definition) is 1. The molecular formula is C14H10BrFN2O3. The highest BCUT2D eigenvalue weighted by atomic mass is 79.9. The number of nitrogens with zero attached hydrogens (tertiary/aromatic N) is 1. The molecule has 0 atom stereocenters. The highest BCUT2D eigenvalue weighted by molar-refractivity contribution is 9.10. The Bertz CT molecular complexity index is 734. The molecule has 1 N–H and O–H groups in total. The molecule has 0 aromatic heterocycles. The fraction of sp³-hybridized carbons (Fsp3) is 0.0714. The Labute approximate surface area is 128 Å². The second kappa shape index (κ2) is 6.01. The van der Waals surface area contributed by atoms with Crippen molar-refractivity contribution in [3.8, 4) is 0 Å². The van der Waals surface area contributed by atoms with Gasteiger partial charge in [0.15, 0.2) is 0 Å². The van der Waals surface area contributed by atoms with Gasteiger partial charge in [-0.3, -0.25) is 14.9 Å². The van der Waals surface area contributed by atoms with Crippen LogP contribution >= 0.6 is 15.9 Å². The Hall–Kier alpha value is -2.28. The molecule has 0 radical (unpaired) electrons. The predicted octanol–water partition coefficient (Wildman–Crippen LogP) is 4.06. The van der Waals surface area contributed by atoms with Crippen molar-refractivity contribution in [1.82, 2.24) is 0 Å². The molecule has 2 rings (SSSR count). The van der Waals surface area contributed by atoms with Crippen molar-refractivity contribution in [1.29, 1.82) is 0 Å². The fourth-order valence-corrected chi connectivity index (χ4v) is 2.24. The molecule has 0 aliphatic carbocycles. The highest BCUT2D eigenvalue weighted by Crippen LogP contribution is 2.24. The third kappa shape index (κ3) is 3.43. The summed E-state index contributed by atoms with van der Waals surface area (Å²) in [6.45, 7) is 1.56. The van der Waals surface area contributed by atoms with Crippen molar-refractivity contribution in [2.24, 2.45) is 0 Å². The number of carbonyl (C=O) groups excluding carboxylic acids is 1. The van der Waals surface area contributed by atoms with Crippen LogP contribution in [0.15, 0.2) is 40.9 Å². The maximum absolute atomic E-state index is 13.0. The summed E-state index contributed by atoms with van der Waals surface area (Å²) in [6.07, 6.45) is 0. The number of hydrogen-bond acceptors (Lipinski definition) is 3. The zero-order valence-electron chi connectivity index (χ0n) is 10.9. The number of nitro benzene ring substituents is 1. The molecule has 108 valence electrons. The van der Waals surface area contributed by atoms with Gasteiger partial charge < -0.3 is 5.32 Å². The SMILES string of the molecule is Cc1cc(C(=O)Nc2ccc(F)cc2Br)ccc1[N+](=O)[O-]. The number of carbonyl (C=O) groups is 1. The Balaban J connectivity index is 2.24. The van der Waals surface area contributed by atoms with Crippen molar-refractivity contribution in [2.45, 2.75) is 6.92 Å². The third-order valence-electron chi connectivity index (χ3n) is 2.84. The van der Waals surface area contributed by atoms with Gasteiger partial charge in [-0.2, -0.15) is 0 Å². The number of nitrogens with one attached hydrogen (secondary N) is 1. The monoisotopic (exact) mass is 352 g/mol. The van der Waals surface area contributed by atoms with Crippen LogP contribution in [0.25, 0.3) is 0 Å². The molecule has 21 heavy (non-hydrogen) atoms. The molecule has 2 aromatic carbocycles. The van der Waals surface area contributed by atoms with E-state index < -0.39 is 16.6 Å². The first-order valence-electron chi connectivity index (χ1n) is 5.90. The van der Waals surface area contributed by atoms with Crippen LogP contribution in [-0.2, 0) is 0 Å². The molecule has 0 saturated carbocycles. The average Bonchev–Trinajstić information content (AvgIpc) is 2.41. The van der Waals surface area contributed by atoms with Gasteiger partial charge in [0.25, 0.3) is 11.6 Å². The molecule has 7 heteroatoms. The van der Waals surface area contributed by atoms with E-state index in [1.165, 1.54) is 36.4 Å². The van der Waals surface area contributed by atoms with Gasteiger partial charge in [0.2, 0.25) is 0 Å². The Kier molecular flexibility index (Phi) is 4.32. The van der Waals surface area contributed by atoms with Gasteiger partial charge in [0.1, 0.15) is 5.82 Å². The summed E-state index contributed by atoms with van der Waals surface area (Å²) in [4.78, 5) is 22.3. The molecule has 0 saturated heterocycles. The summed E-state index contributed by atoms with van der Waals surface area (Å²) >= 11 is 3.15. The first-order valence-corrected chi connectivity index (χ1v) is 6.69. The van der Waals surface area contributed by atoms with E-state index in [0.29, 0.717) is 15.7 Å². The van der Waals surface area contributed by atoms with Crippen molar-refractivity contribution in [3.05, 3.63) is 67.9 Å². The molecule has 0 spiro atoms. The van der Waals surface area contributed by atoms with Crippen molar-refractivity contribution in [3.63, 3.8) is 0 Å². The van der Waals surface area contributed by atoms with Crippen LogP contribution in [0.2, 0.25) is 0 Å². The van der Waals surface area contributed by atoms with Crippen molar-refractivity contribution >= 4 is 33.2 Å². The van der Waals surface area contributed by atoms with E-state index in [2.05, 4.69) is 21.2 Å². The number of rotatable bonds is 3. The number of anilines is 1. The second-order valence-corrected chi connectivity index (χ2v) is 5.19. The van der Waals surface area contributed by atoms with Gasteiger partial charge in [0.05, 0.1) is 10.6 Å². The van der Waals surface area contributed by atoms with E-state index >= 15 is 0 Å². The van der Waals surface area contributed by atoms with Crippen LogP contribution in [-0.4, -0.2) is 10.8 Å². The lowest BCUT2D eigenvalue weighted by molar-refractivity contribution is -0.385. The van der Waals surface area contributed by atoms with Gasteiger partial charge in [-0.05, 0) is 53.2 Å². The van der Waals surface area contributed by atoms with Crippen LogP contribution in [0, 0.1) is 22.9 Å².